The lowest BCUT2D eigenvalue weighted by atomic mass is 10.3. The van der Waals surface area contributed by atoms with E-state index in [4.69, 9.17) is 12.2 Å². The van der Waals surface area contributed by atoms with Gasteiger partial charge in [0.2, 0.25) is 0 Å². The number of aromatic amines is 1. The van der Waals surface area contributed by atoms with E-state index < -0.39 is 6.10 Å². The molecule has 1 unspecified atom stereocenters. The van der Waals surface area contributed by atoms with Crippen LogP contribution in [0.5, 0.6) is 0 Å². The van der Waals surface area contributed by atoms with Crippen molar-refractivity contribution in [3.8, 4) is 0 Å². The SMILES string of the molecule is CC(O)c1n[nH]c(=S)n1C(C)C. The topological polar surface area (TPSA) is 53.8 Å². The van der Waals surface area contributed by atoms with Crippen molar-refractivity contribution in [1.82, 2.24) is 14.8 Å². The van der Waals surface area contributed by atoms with E-state index in [1.807, 2.05) is 13.8 Å². The van der Waals surface area contributed by atoms with Gasteiger partial charge in [-0.25, -0.2) is 0 Å². The highest BCUT2D eigenvalue weighted by molar-refractivity contribution is 7.71. The molecule has 12 heavy (non-hydrogen) atoms. The van der Waals surface area contributed by atoms with Crippen molar-refractivity contribution in [1.29, 1.82) is 0 Å². The van der Waals surface area contributed by atoms with Crippen LogP contribution in [0.25, 0.3) is 0 Å². The van der Waals surface area contributed by atoms with Gasteiger partial charge in [-0.3, -0.25) is 9.67 Å². The Bertz CT molecular complexity index is 313. The molecule has 2 N–H and O–H groups in total. The van der Waals surface area contributed by atoms with Gasteiger partial charge in [-0.2, -0.15) is 5.10 Å². The van der Waals surface area contributed by atoms with Crippen LogP contribution in [0.3, 0.4) is 0 Å². The van der Waals surface area contributed by atoms with E-state index in [0.717, 1.165) is 0 Å². The second-order valence-corrected chi connectivity index (χ2v) is 3.41. The second kappa shape index (κ2) is 3.37. The molecule has 1 aromatic rings. The fourth-order valence-corrected chi connectivity index (χ4v) is 1.46. The minimum atomic E-state index is -0.583. The largest absolute Gasteiger partial charge is 0.385 e. The number of hydrogen-bond donors (Lipinski definition) is 2. The number of aliphatic hydroxyl groups is 1. The number of nitrogens with zero attached hydrogens (tertiary/aromatic N) is 2. The van der Waals surface area contributed by atoms with E-state index in [9.17, 15) is 5.11 Å². The Morgan fingerprint density at radius 2 is 2.08 bits per heavy atom. The zero-order chi connectivity index (χ0) is 9.30. The number of H-pyrrole nitrogens is 1. The van der Waals surface area contributed by atoms with Gasteiger partial charge in [0.1, 0.15) is 6.10 Å². The lowest BCUT2D eigenvalue weighted by Gasteiger charge is -2.11. The highest BCUT2D eigenvalue weighted by Crippen LogP contribution is 2.14. The minimum Gasteiger partial charge on any atom is -0.385 e. The van der Waals surface area contributed by atoms with Crippen molar-refractivity contribution >= 4 is 12.2 Å². The van der Waals surface area contributed by atoms with Gasteiger partial charge in [0, 0.05) is 6.04 Å². The predicted molar refractivity (Wildman–Crippen MR) is 48.4 cm³/mol. The normalized spacial score (nSPS) is 13.8. The fourth-order valence-electron chi connectivity index (χ4n) is 1.11. The smallest absolute Gasteiger partial charge is 0.195 e. The molecule has 0 fully saturated rings. The van der Waals surface area contributed by atoms with Crippen LogP contribution in [0.1, 0.15) is 38.7 Å². The van der Waals surface area contributed by atoms with E-state index in [0.29, 0.717) is 10.6 Å². The summed E-state index contributed by atoms with van der Waals surface area (Å²) < 4.78 is 2.36. The van der Waals surface area contributed by atoms with Crippen molar-refractivity contribution in [2.75, 3.05) is 0 Å². The molecule has 0 aromatic carbocycles. The Hall–Kier alpha value is -0.680. The lowest BCUT2D eigenvalue weighted by Crippen LogP contribution is -2.08. The maximum absolute atomic E-state index is 9.32. The Labute approximate surface area is 76.2 Å². The first-order valence-corrected chi connectivity index (χ1v) is 4.29. The van der Waals surface area contributed by atoms with Crippen molar-refractivity contribution in [2.45, 2.75) is 32.9 Å². The van der Waals surface area contributed by atoms with E-state index in [1.54, 1.807) is 11.5 Å². The maximum atomic E-state index is 9.32. The monoisotopic (exact) mass is 187 g/mol. The number of aromatic nitrogens is 3. The van der Waals surface area contributed by atoms with Crippen LogP contribution in [0.2, 0.25) is 0 Å². The molecular formula is C7H13N3OS. The van der Waals surface area contributed by atoms with Crippen molar-refractivity contribution in [2.24, 2.45) is 0 Å². The van der Waals surface area contributed by atoms with E-state index in [-0.39, 0.29) is 6.04 Å². The van der Waals surface area contributed by atoms with Crippen LogP contribution < -0.4 is 0 Å². The summed E-state index contributed by atoms with van der Waals surface area (Å²) in [7, 11) is 0. The summed E-state index contributed by atoms with van der Waals surface area (Å²) in [5.74, 6) is 0.593. The number of nitrogens with one attached hydrogen (secondary N) is 1. The number of rotatable bonds is 2. The van der Waals surface area contributed by atoms with Gasteiger partial charge >= 0.3 is 0 Å². The Balaban J connectivity index is 3.22. The zero-order valence-electron chi connectivity index (χ0n) is 7.40. The summed E-state index contributed by atoms with van der Waals surface area (Å²) in [6, 6.07) is 0.223. The Kier molecular flexibility index (Phi) is 2.64. The number of aliphatic hydroxyl groups excluding tert-OH is 1. The van der Waals surface area contributed by atoms with Crippen molar-refractivity contribution < 1.29 is 5.11 Å². The molecule has 0 radical (unpaired) electrons. The van der Waals surface area contributed by atoms with Crippen LogP contribution in [-0.4, -0.2) is 19.9 Å². The Morgan fingerprint density at radius 3 is 2.42 bits per heavy atom. The third kappa shape index (κ3) is 1.56. The van der Waals surface area contributed by atoms with E-state index >= 15 is 0 Å². The summed E-state index contributed by atoms with van der Waals surface area (Å²) in [5, 5.41) is 15.9. The lowest BCUT2D eigenvalue weighted by molar-refractivity contribution is 0.181. The number of hydrogen-bond acceptors (Lipinski definition) is 3. The molecule has 0 aliphatic rings. The molecule has 68 valence electrons. The molecule has 0 amide bonds. The van der Waals surface area contributed by atoms with Crippen molar-refractivity contribution in [3.63, 3.8) is 0 Å². The molecule has 1 heterocycles. The fraction of sp³-hybridized carbons (Fsp3) is 0.714. The van der Waals surface area contributed by atoms with Gasteiger partial charge in [-0.05, 0) is 33.0 Å². The molecule has 0 saturated carbocycles. The average molecular weight is 187 g/mol. The molecule has 0 spiro atoms. The summed E-state index contributed by atoms with van der Waals surface area (Å²) in [5.41, 5.74) is 0. The van der Waals surface area contributed by atoms with Crippen LogP contribution in [0, 0.1) is 4.77 Å². The predicted octanol–water partition coefficient (Wildman–Crippen LogP) is 1.57. The zero-order valence-corrected chi connectivity index (χ0v) is 8.22. The molecule has 0 bridgehead atoms. The maximum Gasteiger partial charge on any atom is 0.195 e. The quantitative estimate of drug-likeness (QED) is 0.691. The van der Waals surface area contributed by atoms with Gasteiger partial charge < -0.3 is 5.11 Å². The summed E-state index contributed by atoms with van der Waals surface area (Å²) in [6.45, 7) is 5.66. The van der Waals surface area contributed by atoms with Gasteiger partial charge in [0.25, 0.3) is 0 Å². The third-order valence-electron chi connectivity index (χ3n) is 1.62. The van der Waals surface area contributed by atoms with Gasteiger partial charge in [-0.1, -0.05) is 0 Å². The molecule has 0 aliphatic carbocycles. The summed E-state index contributed by atoms with van der Waals surface area (Å²) in [4.78, 5) is 0. The van der Waals surface area contributed by atoms with Gasteiger partial charge in [0.15, 0.2) is 10.6 Å². The van der Waals surface area contributed by atoms with Crippen LogP contribution in [-0.2, 0) is 0 Å². The molecule has 4 nitrogen and oxygen atoms in total. The highest BCUT2D eigenvalue weighted by Gasteiger charge is 2.12. The molecule has 1 atom stereocenters. The molecule has 1 rings (SSSR count). The average Bonchev–Trinajstić information content (AvgIpc) is 2.30. The Morgan fingerprint density at radius 1 is 1.50 bits per heavy atom. The molecule has 0 aliphatic heterocycles. The molecule has 0 saturated heterocycles. The van der Waals surface area contributed by atoms with Crippen LogP contribution in [0.4, 0.5) is 0 Å². The first-order chi connectivity index (χ1) is 5.54. The minimum absolute atomic E-state index is 0.223. The van der Waals surface area contributed by atoms with Gasteiger partial charge in [0.05, 0.1) is 0 Å². The first-order valence-electron chi connectivity index (χ1n) is 3.89. The third-order valence-corrected chi connectivity index (χ3v) is 1.91. The second-order valence-electron chi connectivity index (χ2n) is 3.03. The first kappa shape index (κ1) is 9.41. The van der Waals surface area contributed by atoms with E-state index in [2.05, 4.69) is 10.2 Å². The molecular weight excluding hydrogens is 174 g/mol. The summed E-state index contributed by atoms with van der Waals surface area (Å²) in [6.07, 6.45) is -0.583. The molecule has 1 aromatic heterocycles. The van der Waals surface area contributed by atoms with Gasteiger partial charge in [-0.15, -0.1) is 0 Å². The highest BCUT2D eigenvalue weighted by atomic mass is 32.1. The summed E-state index contributed by atoms with van der Waals surface area (Å²) >= 11 is 5.00. The van der Waals surface area contributed by atoms with Crippen LogP contribution >= 0.6 is 12.2 Å². The van der Waals surface area contributed by atoms with Crippen LogP contribution in [0.15, 0.2) is 0 Å². The standard InChI is InChI=1S/C7H13N3OS/c1-4(2)10-6(5(3)11)8-9-7(10)12/h4-5,11H,1-3H3,(H,9,12). The van der Waals surface area contributed by atoms with Crippen molar-refractivity contribution in [3.05, 3.63) is 10.6 Å². The molecule has 5 heteroatoms. The van der Waals surface area contributed by atoms with E-state index in [1.165, 1.54) is 0 Å².